The summed E-state index contributed by atoms with van der Waals surface area (Å²) in [5.74, 6) is -3.72. The highest BCUT2D eigenvalue weighted by atomic mass is 35.5. The van der Waals surface area contributed by atoms with Crippen LogP contribution < -0.4 is 5.32 Å². The van der Waals surface area contributed by atoms with Crippen molar-refractivity contribution in [1.82, 2.24) is 0 Å². The monoisotopic (exact) mass is 297 g/mol. The third-order valence-corrected chi connectivity index (χ3v) is 3.00. The molecule has 0 amide bonds. The first-order chi connectivity index (χ1) is 9.38. The summed E-state index contributed by atoms with van der Waals surface area (Å²) in [5.41, 5.74) is 0.887. The van der Waals surface area contributed by atoms with Crippen molar-refractivity contribution in [1.29, 1.82) is 0 Å². The number of nitrogens with one attached hydrogen (secondary N) is 1. The van der Waals surface area contributed by atoms with Gasteiger partial charge >= 0.3 is 5.97 Å². The molecule has 0 aliphatic rings. The minimum atomic E-state index is -1.37. The van der Waals surface area contributed by atoms with E-state index >= 15 is 0 Å². The number of carboxylic acid groups (broad SMARTS) is 1. The lowest BCUT2D eigenvalue weighted by Gasteiger charge is -2.12. The number of anilines is 2. The Bertz CT molecular complexity index is 689. The molecule has 20 heavy (non-hydrogen) atoms. The summed E-state index contributed by atoms with van der Waals surface area (Å²) in [7, 11) is 0. The molecule has 104 valence electrons. The predicted molar refractivity (Wildman–Crippen MR) is 72.8 cm³/mol. The van der Waals surface area contributed by atoms with Crippen molar-refractivity contribution >= 4 is 28.9 Å². The van der Waals surface area contributed by atoms with Crippen LogP contribution in [0.1, 0.15) is 15.9 Å². The van der Waals surface area contributed by atoms with Gasteiger partial charge < -0.3 is 10.4 Å². The summed E-state index contributed by atoms with van der Waals surface area (Å²) < 4.78 is 26.3. The molecule has 0 saturated heterocycles. The van der Waals surface area contributed by atoms with Crippen molar-refractivity contribution in [3.63, 3.8) is 0 Å². The van der Waals surface area contributed by atoms with E-state index in [0.717, 1.165) is 11.6 Å². The lowest BCUT2D eigenvalue weighted by molar-refractivity contribution is 0.0697. The Morgan fingerprint density at radius 2 is 1.80 bits per heavy atom. The van der Waals surface area contributed by atoms with Gasteiger partial charge in [0.05, 0.1) is 22.0 Å². The van der Waals surface area contributed by atoms with Gasteiger partial charge in [-0.2, -0.15) is 0 Å². The van der Waals surface area contributed by atoms with Gasteiger partial charge in [0.1, 0.15) is 0 Å². The SMILES string of the molecule is Cc1ccc(Nc2cc(F)c(F)cc2C(=O)O)c(Cl)c1. The molecule has 0 aliphatic carbocycles. The molecule has 6 heteroatoms. The maximum Gasteiger partial charge on any atom is 0.337 e. The summed E-state index contributed by atoms with van der Waals surface area (Å²) in [6, 6.07) is 6.47. The van der Waals surface area contributed by atoms with Gasteiger partial charge in [-0.15, -0.1) is 0 Å². The Morgan fingerprint density at radius 3 is 2.40 bits per heavy atom. The first-order valence-electron chi connectivity index (χ1n) is 5.64. The van der Waals surface area contributed by atoms with Crippen LogP contribution in [0.5, 0.6) is 0 Å². The standard InChI is InChI=1S/C14H10ClF2NO2/c1-7-2-3-12(9(15)4-7)18-13-6-11(17)10(16)5-8(13)14(19)20/h2-6,18H,1H3,(H,19,20). The fourth-order valence-electron chi connectivity index (χ4n) is 1.69. The van der Waals surface area contributed by atoms with Crippen molar-refractivity contribution in [2.24, 2.45) is 0 Å². The van der Waals surface area contributed by atoms with Crippen molar-refractivity contribution in [3.05, 3.63) is 58.1 Å². The van der Waals surface area contributed by atoms with Gasteiger partial charge in [-0.3, -0.25) is 0 Å². The van der Waals surface area contributed by atoms with E-state index in [0.29, 0.717) is 16.8 Å². The molecule has 2 rings (SSSR count). The molecule has 0 bridgehead atoms. The van der Waals surface area contributed by atoms with Crippen LogP contribution in [-0.2, 0) is 0 Å². The van der Waals surface area contributed by atoms with E-state index in [1.54, 1.807) is 18.2 Å². The zero-order valence-electron chi connectivity index (χ0n) is 10.4. The van der Waals surface area contributed by atoms with Crippen molar-refractivity contribution in [3.8, 4) is 0 Å². The molecule has 0 radical (unpaired) electrons. The molecule has 2 aromatic rings. The van der Waals surface area contributed by atoms with Gasteiger partial charge in [-0.1, -0.05) is 17.7 Å². The first kappa shape index (κ1) is 14.3. The summed E-state index contributed by atoms with van der Waals surface area (Å²) in [4.78, 5) is 11.1. The van der Waals surface area contributed by atoms with Gasteiger partial charge in [0.2, 0.25) is 0 Å². The number of aromatic carboxylic acids is 1. The predicted octanol–water partition coefficient (Wildman–Crippen LogP) is 4.37. The van der Waals surface area contributed by atoms with Crippen LogP contribution >= 0.6 is 11.6 Å². The van der Waals surface area contributed by atoms with Gasteiger partial charge in [0, 0.05) is 6.07 Å². The van der Waals surface area contributed by atoms with Crippen molar-refractivity contribution in [2.45, 2.75) is 6.92 Å². The number of carboxylic acids is 1. The Kier molecular flexibility index (Phi) is 3.90. The van der Waals surface area contributed by atoms with Gasteiger partial charge in [-0.05, 0) is 30.7 Å². The third-order valence-electron chi connectivity index (χ3n) is 2.68. The number of hydrogen-bond donors (Lipinski definition) is 2. The summed E-state index contributed by atoms with van der Waals surface area (Å²) in [6.45, 7) is 1.84. The third kappa shape index (κ3) is 2.88. The molecule has 0 unspecified atom stereocenters. The van der Waals surface area contributed by atoms with E-state index in [4.69, 9.17) is 16.7 Å². The number of benzene rings is 2. The van der Waals surface area contributed by atoms with E-state index in [9.17, 15) is 13.6 Å². The van der Waals surface area contributed by atoms with Crippen LogP contribution in [0.3, 0.4) is 0 Å². The fraction of sp³-hybridized carbons (Fsp3) is 0.0714. The fourth-order valence-corrected chi connectivity index (χ4v) is 1.98. The summed E-state index contributed by atoms with van der Waals surface area (Å²) in [6.07, 6.45) is 0. The summed E-state index contributed by atoms with van der Waals surface area (Å²) >= 11 is 6.00. The van der Waals surface area contributed by atoms with E-state index in [1.807, 2.05) is 6.92 Å². The zero-order valence-corrected chi connectivity index (χ0v) is 11.1. The van der Waals surface area contributed by atoms with E-state index in [2.05, 4.69) is 5.32 Å². The van der Waals surface area contributed by atoms with Crippen molar-refractivity contribution < 1.29 is 18.7 Å². The highest BCUT2D eigenvalue weighted by Crippen LogP contribution is 2.29. The molecule has 0 aromatic heterocycles. The van der Waals surface area contributed by atoms with Crippen LogP contribution in [0.2, 0.25) is 5.02 Å². The van der Waals surface area contributed by atoms with Crippen LogP contribution in [0.15, 0.2) is 30.3 Å². The second kappa shape index (κ2) is 5.46. The van der Waals surface area contributed by atoms with Crippen LogP contribution in [0.4, 0.5) is 20.2 Å². The van der Waals surface area contributed by atoms with Crippen LogP contribution in [0.25, 0.3) is 0 Å². The highest BCUT2D eigenvalue weighted by Gasteiger charge is 2.16. The smallest absolute Gasteiger partial charge is 0.337 e. The molecule has 0 heterocycles. The second-order valence-electron chi connectivity index (χ2n) is 4.23. The molecular formula is C14H10ClF2NO2. The first-order valence-corrected chi connectivity index (χ1v) is 6.02. The molecule has 0 fully saturated rings. The number of hydrogen-bond acceptors (Lipinski definition) is 2. The highest BCUT2D eigenvalue weighted by molar-refractivity contribution is 6.33. The van der Waals surface area contributed by atoms with Crippen LogP contribution in [0, 0.1) is 18.6 Å². The van der Waals surface area contributed by atoms with E-state index in [-0.39, 0.29) is 11.3 Å². The molecular weight excluding hydrogens is 288 g/mol. The Labute approximate surface area is 118 Å². The lowest BCUT2D eigenvalue weighted by atomic mass is 10.1. The van der Waals surface area contributed by atoms with Gasteiger partial charge in [0.15, 0.2) is 11.6 Å². The number of rotatable bonds is 3. The minimum Gasteiger partial charge on any atom is -0.478 e. The van der Waals surface area contributed by atoms with Gasteiger partial charge in [0.25, 0.3) is 0 Å². The largest absolute Gasteiger partial charge is 0.478 e. The average Bonchev–Trinajstić information content (AvgIpc) is 2.36. The molecule has 0 aliphatic heterocycles. The topological polar surface area (TPSA) is 49.3 Å². The molecule has 3 nitrogen and oxygen atoms in total. The minimum absolute atomic E-state index is 0.0675. The van der Waals surface area contributed by atoms with E-state index < -0.39 is 17.6 Å². The second-order valence-corrected chi connectivity index (χ2v) is 4.63. The molecule has 0 spiro atoms. The molecule has 0 saturated carbocycles. The number of carbonyl (C=O) groups is 1. The molecule has 0 atom stereocenters. The van der Waals surface area contributed by atoms with Crippen LogP contribution in [-0.4, -0.2) is 11.1 Å². The maximum atomic E-state index is 13.2. The summed E-state index contributed by atoms with van der Waals surface area (Å²) in [5, 5.41) is 12.1. The van der Waals surface area contributed by atoms with Gasteiger partial charge in [-0.25, -0.2) is 13.6 Å². The lowest BCUT2D eigenvalue weighted by Crippen LogP contribution is -2.05. The Morgan fingerprint density at radius 1 is 1.15 bits per heavy atom. The average molecular weight is 298 g/mol. The zero-order chi connectivity index (χ0) is 14.9. The molecule has 2 N–H and O–H groups in total. The number of halogens is 3. The quantitative estimate of drug-likeness (QED) is 0.884. The van der Waals surface area contributed by atoms with Crippen molar-refractivity contribution in [2.75, 3.05) is 5.32 Å². The Hall–Kier alpha value is -2.14. The molecule has 2 aromatic carbocycles. The maximum absolute atomic E-state index is 13.2. The normalized spacial score (nSPS) is 10.4. The van der Waals surface area contributed by atoms with E-state index in [1.165, 1.54) is 0 Å². The number of aryl methyl sites for hydroxylation is 1. The Balaban J connectivity index is 2.47.